The molecule has 0 aliphatic heterocycles. The van der Waals surface area contributed by atoms with Crippen LogP contribution in [0.1, 0.15) is 11.1 Å². The number of halogens is 4. The van der Waals surface area contributed by atoms with Crippen LogP contribution in [0.3, 0.4) is 0 Å². The summed E-state index contributed by atoms with van der Waals surface area (Å²) in [5.41, 5.74) is 0.791. The Balaban J connectivity index is 1.88. The number of carbonyl (C=O) groups is 1. The van der Waals surface area contributed by atoms with Crippen LogP contribution in [0, 0.1) is 17.1 Å². The van der Waals surface area contributed by atoms with Gasteiger partial charge in [-0.3, -0.25) is 0 Å². The highest BCUT2D eigenvalue weighted by Crippen LogP contribution is 2.24. The van der Waals surface area contributed by atoms with Gasteiger partial charge >= 0.3 is 12.2 Å². The van der Waals surface area contributed by atoms with Crippen molar-refractivity contribution in [3.63, 3.8) is 0 Å². The summed E-state index contributed by atoms with van der Waals surface area (Å²) < 4.78 is 54.2. The Kier molecular flexibility index (Phi) is 6.60. The summed E-state index contributed by atoms with van der Waals surface area (Å²) in [4.78, 5) is 11.9. The number of ether oxygens (including phenoxy) is 1. The number of nitrogens with one attached hydrogen (secondary N) is 2. The van der Waals surface area contributed by atoms with Crippen molar-refractivity contribution in [1.29, 1.82) is 5.26 Å². The Morgan fingerprint density at radius 1 is 1.19 bits per heavy atom. The minimum atomic E-state index is -4.52. The minimum Gasteiger partial charge on any atom is -0.483 e. The molecule has 0 aliphatic carbocycles. The number of amides is 2. The van der Waals surface area contributed by atoms with Crippen LogP contribution in [0.5, 0.6) is 5.75 Å². The maximum Gasteiger partial charge on any atom is 0.422 e. The van der Waals surface area contributed by atoms with Crippen LogP contribution in [0.4, 0.5) is 28.0 Å². The molecule has 142 valence electrons. The number of hydrogen-bond acceptors (Lipinski definition) is 3. The fraction of sp³-hybridized carbons (Fsp3) is 0.222. The Hall–Kier alpha value is -3.28. The normalized spacial score (nSPS) is 10.8. The van der Waals surface area contributed by atoms with Gasteiger partial charge in [0.2, 0.25) is 0 Å². The van der Waals surface area contributed by atoms with Gasteiger partial charge in [-0.2, -0.15) is 18.4 Å². The van der Waals surface area contributed by atoms with Gasteiger partial charge in [0.15, 0.2) is 6.61 Å². The minimum absolute atomic E-state index is 0.142. The maximum atomic E-state index is 13.1. The molecule has 0 aromatic heterocycles. The van der Waals surface area contributed by atoms with E-state index >= 15 is 0 Å². The zero-order valence-electron chi connectivity index (χ0n) is 13.9. The quantitative estimate of drug-likeness (QED) is 0.743. The van der Waals surface area contributed by atoms with E-state index in [2.05, 4.69) is 15.4 Å². The third-order valence-electron chi connectivity index (χ3n) is 3.34. The van der Waals surface area contributed by atoms with Crippen molar-refractivity contribution in [2.75, 3.05) is 18.5 Å². The van der Waals surface area contributed by atoms with E-state index < -0.39 is 18.8 Å². The standard InChI is InChI=1S/C18H15F4N3O2/c19-14-3-1-2-12(8-14)6-7-24-17(26)25-15-4-5-16(13(9-15)10-23)27-11-18(20,21)22/h1-5,8-9H,6-7,11H2,(H2,24,25,26). The molecule has 0 unspecified atom stereocenters. The highest BCUT2D eigenvalue weighted by molar-refractivity contribution is 5.89. The molecule has 0 saturated carbocycles. The molecule has 2 aromatic carbocycles. The van der Waals surface area contributed by atoms with Crippen LogP contribution in [-0.2, 0) is 6.42 Å². The summed E-state index contributed by atoms with van der Waals surface area (Å²) in [7, 11) is 0. The maximum absolute atomic E-state index is 13.1. The summed E-state index contributed by atoms with van der Waals surface area (Å²) in [6, 6.07) is 10.8. The lowest BCUT2D eigenvalue weighted by Crippen LogP contribution is -2.30. The summed E-state index contributed by atoms with van der Waals surface area (Å²) >= 11 is 0. The average Bonchev–Trinajstić information content (AvgIpc) is 2.60. The number of benzene rings is 2. The Bertz CT molecular complexity index is 847. The predicted octanol–water partition coefficient (Wildman–Crippen LogP) is 4.00. The molecule has 0 saturated heterocycles. The van der Waals surface area contributed by atoms with Crippen LogP contribution in [0.2, 0.25) is 0 Å². The van der Waals surface area contributed by atoms with Crippen molar-refractivity contribution in [1.82, 2.24) is 5.32 Å². The smallest absolute Gasteiger partial charge is 0.422 e. The largest absolute Gasteiger partial charge is 0.483 e. The van der Waals surface area contributed by atoms with E-state index in [1.54, 1.807) is 18.2 Å². The Morgan fingerprint density at radius 3 is 2.63 bits per heavy atom. The number of urea groups is 1. The molecule has 0 spiro atoms. The lowest BCUT2D eigenvalue weighted by Gasteiger charge is -2.12. The fourth-order valence-corrected chi connectivity index (χ4v) is 2.17. The number of alkyl halides is 3. The molecule has 0 bridgehead atoms. The first-order chi connectivity index (χ1) is 12.8. The first-order valence-corrected chi connectivity index (χ1v) is 7.80. The number of rotatable bonds is 6. The number of anilines is 1. The molecule has 9 heteroatoms. The molecule has 0 fully saturated rings. The van der Waals surface area contributed by atoms with Gasteiger partial charge in [-0.25, -0.2) is 9.18 Å². The lowest BCUT2D eigenvalue weighted by molar-refractivity contribution is -0.153. The third-order valence-corrected chi connectivity index (χ3v) is 3.34. The van der Waals surface area contributed by atoms with Crippen molar-refractivity contribution >= 4 is 11.7 Å². The van der Waals surface area contributed by atoms with E-state index in [0.29, 0.717) is 12.0 Å². The Labute approximate surface area is 152 Å². The van der Waals surface area contributed by atoms with Crippen LogP contribution in [0.25, 0.3) is 0 Å². The molecule has 0 radical (unpaired) electrons. The van der Waals surface area contributed by atoms with Gasteiger partial charge in [-0.1, -0.05) is 12.1 Å². The second kappa shape index (κ2) is 8.89. The summed E-state index contributed by atoms with van der Waals surface area (Å²) in [6.45, 7) is -1.28. The molecule has 5 nitrogen and oxygen atoms in total. The van der Waals surface area contributed by atoms with E-state index in [9.17, 15) is 22.4 Å². The SMILES string of the molecule is N#Cc1cc(NC(=O)NCCc2cccc(F)c2)ccc1OCC(F)(F)F. The molecule has 2 aromatic rings. The molecular weight excluding hydrogens is 366 g/mol. The number of carbonyl (C=O) groups excluding carboxylic acids is 1. The molecule has 2 N–H and O–H groups in total. The third kappa shape index (κ3) is 6.86. The fourth-order valence-electron chi connectivity index (χ4n) is 2.17. The van der Waals surface area contributed by atoms with Gasteiger partial charge in [-0.15, -0.1) is 0 Å². The van der Waals surface area contributed by atoms with E-state index in [1.165, 1.54) is 30.3 Å². The topological polar surface area (TPSA) is 74.2 Å². The van der Waals surface area contributed by atoms with Crippen LogP contribution in [-0.4, -0.2) is 25.4 Å². The first kappa shape index (κ1) is 20.0. The van der Waals surface area contributed by atoms with E-state index in [-0.39, 0.29) is 29.4 Å². The molecule has 27 heavy (non-hydrogen) atoms. The van der Waals surface area contributed by atoms with Crippen LogP contribution >= 0.6 is 0 Å². The van der Waals surface area contributed by atoms with E-state index in [1.807, 2.05) is 0 Å². The number of nitrogens with zero attached hydrogens (tertiary/aromatic N) is 1. The van der Waals surface area contributed by atoms with Crippen LogP contribution in [0.15, 0.2) is 42.5 Å². The highest BCUT2D eigenvalue weighted by Gasteiger charge is 2.28. The van der Waals surface area contributed by atoms with Gasteiger partial charge in [-0.05, 0) is 42.3 Å². The second-order valence-electron chi connectivity index (χ2n) is 5.49. The zero-order chi connectivity index (χ0) is 19.9. The lowest BCUT2D eigenvalue weighted by atomic mass is 10.1. The monoisotopic (exact) mass is 381 g/mol. The van der Waals surface area contributed by atoms with Crippen molar-refractivity contribution < 1.29 is 27.1 Å². The van der Waals surface area contributed by atoms with Crippen LogP contribution < -0.4 is 15.4 Å². The Morgan fingerprint density at radius 2 is 1.96 bits per heavy atom. The summed E-state index contributed by atoms with van der Waals surface area (Å²) in [5.74, 6) is -0.597. The molecular formula is C18H15F4N3O2. The zero-order valence-corrected chi connectivity index (χ0v) is 13.9. The van der Waals surface area contributed by atoms with Gasteiger partial charge in [0.1, 0.15) is 17.6 Å². The summed E-state index contributed by atoms with van der Waals surface area (Å²) in [5, 5.41) is 14.0. The van der Waals surface area contributed by atoms with Crippen molar-refractivity contribution in [3.05, 3.63) is 59.4 Å². The highest BCUT2D eigenvalue weighted by atomic mass is 19.4. The van der Waals surface area contributed by atoms with Gasteiger partial charge in [0.25, 0.3) is 0 Å². The van der Waals surface area contributed by atoms with Gasteiger partial charge in [0, 0.05) is 12.2 Å². The second-order valence-corrected chi connectivity index (χ2v) is 5.49. The molecule has 0 aliphatic rings. The van der Waals surface area contributed by atoms with Crippen molar-refractivity contribution in [3.8, 4) is 11.8 Å². The summed E-state index contributed by atoms with van der Waals surface area (Å²) in [6.07, 6.45) is -4.11. The number of nitriles is 1. The van der Waals surface area contributed by atoms with Crippen molar-refractivity contribution in [2.45, 2.75) is 12.6 Å². The molecule has 2 amide bonds. The van der Waals surface area contributed by atoms with E-state index in [4.69, 9.17) is 5.26 Å². The van der Waals surface area contributed by atoms with Gasteiger partial charge < -0.3 is 15.4 Å². The van der Waals surface area contributed by atoms with E-state index in [0.717, 1.165) is 0 Å². The predicted molar refractivity (Wildman–Crippen MR) is 89.8 cm³/mol. The van der Waals surface area contributed by atoms with Crippen molar-refractivity contribution in [2.24, 2.45) is 0 Å². The first-order valence-electron chi connectivity index (χ1n) is 7.80. The number of hydrogen-bond donors (Lipinski definition) is 2. The van der Waals surface area contributed by atoms with Gasteiger partial charge in [0.05, 0.1) is 5.56 Å². The molecule has 0 atom stereocenters. The molecule has 2 rings (SSSR count). The average molecular weight is 381 g/mol. The molecule has 0 heterocycles.